The van der Waals surface area contributed by atoms with Crippen molar-refractivity contribution in [3.63, 3.8) is 0 Å². The van der Waals surface area contributed by atoms with Crippen LogP contribution in [0.1, 0.15) is 39.0 Å². The Bertz CT molecular complexity index is 372. The third-order valence-electron chi connectivity index (χ3n) is 4.30. The van der Waals surface area contributed by atoms with Crippen molar-refractivity contribution in [3.05, 3.63) is 18.5 Å². The van der Waals surface area contributed by atoms with Gasteiger partial charge in [-0.05, 0) is 45.1 Å². The van der Waals surface area contributed by atoms with Crippen molar-refractivity contribution >= 4 is 0 Å². The summed E-state index contributed by atoms with van der Waals surface area (Å²) < 4.78 is 7.96. The zero-order valence-corrected chi connectivity index (χ0v) is 11.1. The SMILES string of the molecule is CC(Cn1cccn1)NC1CCOC2(CCC2)C1. The molecule has 2 heterocycles. The molecule has 0 bridgehead atoms. The summed E-state index contributed by atoms with van der Waals surface area (Å²) in [6.07, 6.45) is 10.1. The number of nitrogens with one attached hydrogen (secondary N) is 1. The molecular weight excluding hydrogens is 226 g/mol. The lowest BCUT2D eigenvalue weighted by Crippen LogP contribution is -2.52. The molecule has 0 aromatic carbocycles. The molecule has 1 aromatic rings. The Labute approximate surface area is 109 Å². The van der Waals surface area contributed by atoms with Crippen LogP contribution < -0.4 is 5.32 Å². The lowest BCUT2D eigenvalue weighted by Gasteiger charge is -2.47. The molecule has 0 radical (unpaired) electrons. The van der Waals surface area contributed by atoms with E-state index < -0.39 is 0 Å². The van der Waals surface area contributed by atoms with Gasteiger partial charge < -0.3 is 10.1 Å². The molecule has 4 nitrogen and oxygen atoms in total. The highest BCUT2D eigenvalue weighted by Crippen LogP contribution is 2.42. The highest BCUT2D eigenvalue weighted by atomic mass is 16.5. The molecule has 1 aliphatic heterocycles. The molecule has 4 heteroatoms. The number of nitrogens with zero attached hydrogens (tertiary/aromatic N) is 2. The molecule has 2 unspecified atom stereocenters. The van der Waals surface area contributed by atoms with Gasteiger partial charge in [0.25, 0.3) is 0 Å². The van der Waals surface area contributed by atoms with Crippen LogP contribution in [0, 0.1) is 0 Å². The average molecular weight is 249 g/mol. The first kappa shape index (κ1) is 12.2. The largest absolute Gasteiger partial charge is 0.375 e. The lowest BCUT2D eigenvalue weighted by molar-refractivity contribution is -0.136. The molecule has 1 N–H and O–H groups in total. The van der Waals surface area contributed by atoms with Crippen LogP contribution in [0.25, 0.3) is 0 Å². The van der Waals surface area contributed by atoms with E-state index in [1.54, 1.807) is 0 Å². The van der Waals surface area contributed by atoms with E-state index >= 15 is 0 Å². The molecular formula is C14H23N3O. The highest BCUT2D eigenvalue weighted by Gasteiger charge is 2.42. The maximum absolute atomic E-state index is 5.96. The first-order valence-electron chi connectivity index (χ1n) is 7.13. The number of ether oxygens (including phenoxy) is 1. The Hall–Kier alpha value is -0.870. The van der Waals surface area contributed by atoms with Crippen molar-refractivity contribution in [3.8, 4) is 0 Å². The second-order valence-corrected chi connectivity index (χ2v) is 5.87. The van der Waals surface area contributed by atoms with Gasteiger partial charge in [0, 0.05) is 31.1 Å². The van der Waals surface area contributed by atoms with Crippen LogP contribution in [-0.2, 0) is 11.3 Å². The second-order valence-electron chi connectivity index (χ2n) is 5.87. The summed E-state index contributed by atoms with van der Waals surface area (Å²) in [6.45, 7) is 4.11. The summed E-state index contributed by atoms with van der Waals surface area (Å²) in [4.78, 5) is 0. The van der Waals surface area contributed by atoms with E-state index in [2.05, 4.69) is 17.3 Å². The van der Waals surface area contributed by atoms with Gasteiger partial charge >= 0.3 is 0 Å². The van der Waals surface area contributed by atoms with E-state index in [1.165, 1.54) is 25.7 Å². The van der Waals surface area contributed by atoms with Gasteiger partial charge in [-0.15, -0.1) is 0 Å². The quantitative estimate of drug-likeness (QED) is 0.886. The van der Waals surface area contributed by atoms with Crippen molar-refractivity contribution in [2.24, 2.45) is 0 Å². The van der Waals surface area contributed by atoms with Crippen LogP contribution >= 0.6 is 0 Å². The Morgan fingerprint density at radius 1 is 1.56 bits per heavy atom. The molecule has 1 aromatic heterocycles. The fourth-order valence-electron chi connectivity index (χ4n) is 3.23. The van der Waals surface area contributed by atoms with Crippen LogP contribution in [0.4, 0.5) is 0 Å². The summed E-state index contributed by atoms with van der Waals surface area (Å²) in [5.41, 5.74) is 0.237. The maximum atomic E-state index is 5.96. The summed E-state index contributed by atoms with van der Waals surface area (Å²) in [6, 6.07) is 3.06. The smallest absolute Gasteiger partial charge is 0.0697 e. The first-order chi connectivity index (χ1) is 8.76. The van der Waals surface area contributed by atoms with E-state index in [9.17, 15) is 0 Å². The van der Waals surface area contributed by atoms with Crippen molar-refractivity contribution in [1.29, 1.82) is 0 Å². The summed E-state index contributed by atoms with van der Waals surface area (Å²) in [5.74, 6) is 0. The first-order valence-corrected chi connectivity index (χ1v) is 7.13. The fraction of sp³-hybridized carbons (Fsp3) is 0.786. The number of hydrogen-bond donors (Lipinski definition) is 1. The van der Waals surface area contributed by atoms with Crippen molar-refractivity contribution in [1.82, 2.24) is 15.1 Å². The molecule has 1 saturated heterocycles. The van der Waals surface area contributed by atoms with E-state index in [-0.39, 0.29) is 5.60 Å². The third-order valence-corrected chi connectivity index (χ3v) is 4.30. The molecule has 1 saturated carbocycles. The molecule has 2 aliphatic rings. The normalized spacial score (nSPS) is 27.9. The zero-order chi connectivity index (χ0) is 12.4. The van der Waals surface area contributed by atoms with Gasteiger partial charge in [0.2, 0.25) is 0 Å². The average Bonchev–Trinajstić information content (AvgIpc) is 2.80. The Morgan fingerprint density at radius 2 is 2.44 bits per heavy atom. The van der Waals surface area contributed by atoms with Gasteiger partial charge in [-0.3, -0.25) is 4.68 Å². The molecule has 2 atom stereocenters. The second kappa shape index (κ2) is 5.02. The number of aromatic nitrogens is 2. The monoisotopic (exact) mass is 249 g/mol. The van der Waals surface area contributed by atoms with Crippen molar-refractivity contribution in [2.75, 3.05) is 6.61 Å². The van der Waals surface area contributed by atoms with Crippen LogP contribution in [0.15, 0.2) is 18.5 Å². The molecule has 18 heavy (non-hydrogen) atoms. The topological polar surface area (TPSA) is 39.1 Å². The standard InChI is InChI=1S/C14H23N3O/c1-12(11-17-8-3-7-15-17)16-13-4-9-18-14(10-13)5-2-6-14/h3,7-8,12-13,16H,2,4-6,9-11H2,1H3. The van der Waals surface area contributed by atoms with Gasteiger partial charge in [-0.1, -0.05) is 0 Å². The third kappa shape index (κ3) is 2.59. The molecule has 1 aliphatic carbocycles. The Morgan fingerprint density at radius 3 is 3.11 bits per heavy atom. The fourth-order valence-corrected chi connectivity index (χ4v) is 3.23. The van der Waals surface area contributed by atoms with E-state index in [0.717, 1.165) is 19.6 Å². The molecule has 3 rings (SSSR count). The minimum Gasteiger partial charge on any atom is -0.375 e. The molecule has 0 amide bonds. The van der Waals surface area contributed by atoms with Crippen LogP contribution in [-0.4, -0.2) is 34.1 Å². The van der Waals surface area contributed by atoms with Crippen LogP contribution in [0.5, 0.6) is 0 Å². The predicted molar refractivity (Wildman–Crippen MR) is 70.4 cm³/mol. The number of hydrogen-bond acceptors (Lipinski definition) is 3. The summed E-state index contributed by atoms with van der Waals surface area (Å²) >= 11 is 0. The van der Waals surface area contributed by atoms with E-state index in [0.29, 0.717) is 12.1 Å². The predicted octanol–water partition coefficient (Wildman–Crippen LogP) is 1.96. The van der Waals surface area contributed by atoms with Crippen LogP contribution in [0.2, 0.25) is 0 Å². The molecule has 1 spiro atoms. The minimum atomic E-state index is 0.237. The number of rotatable bonds is 4. The molecule has 100 valence electrons. The maximum Gasteiger partial charge on any atom is 0.0697 e. The lowest BCUT2D eigenvalue weighted by atomic mass is 9.74. The van der Waals surface area contributed by atoms with Crippen molar-refractivity contribution in [2.45, 2.75) is 63.3 Å². The highest BCUT2D eigenvalue weighted by molar-refractivity contribution is 4.96. The van der Waals surface area contributed by atoms with Crippen LogP contribution in [0.3, 0.4) is 0 Å². The van der Waals surface area contributed by atoms with Gasteiger partial charge in [0.05, 0.1) is 12.1 Å². The van der Waals surface area contributed by atoms with E-state index in [1.807, 2.05) is 23.1 Å². The summed E-state index contributed by atoms with van der Waals surface area (Å²) in [5, 5.41) is 8.00. The Balaban J connectivity index is 1.49. The van der Waals surface area contributed by atoms with Gasteiger partial charge in [-0.25, -0.2) is 0 Å². The Kier molecular flexibility index (Phi) is 3.39. The summed E-state index contributed by atoms with van der Waals surface area (Å²) in [7, 11) is 0. The van der Waals surface area contributed by atoms with Gasteiger partial charge in [0.15, 0.2) is 0 Å². The van der Waals surface area contributed by atoms with Gasteiger partial charge in [0.1, 0.15) is 0 Å². The molecule has 2 fully saturated rings. The van der Waals surface area contributed by atoms with E-state index in [4.69, 9.17) is 4.74 Å². The minimum absolute atomic E-state index is 0.237. The zero-order valence-electron chi connectivity index (χ0n) is 11.1. The van der Waals surface area contributed by atoms with Crippen molar-refractivity contribution < 1.29 is 4.74 Å². The van der Waals surface area contributed by atoms with Gasteiger partial charge in [-0.2, -0.15) is 5.10 Å².